The minimum atomic E-state index is 0.342. The first-order valence-electron chi connectivity index (χ1n) is 12.5. The van der Waals surface area contributed by atoms with Crippen LogP contribution in [-0.2, 0) is 24.0 Å². The molecule has 0 aliphatic carbocycles. The van der Waals surface area contributed by atoms with E-state index in [1.165, 1.54) is 38.9 Å². The summed E-state index contributed by atoms with van der Waals surface area (Å²) in [6.45, 7) is 9.58. The van der Waals surface area contributed by atoms with E-state index in [9.17, 15) is 0 Å². The van der Waals surface area contributed by atoms with Crippen molar-refractivity contribution in [2.24, 2.45) is 5.92 Å². The highest BCUT2D eigenvalue weighted by atomic mass is 16.5. The van der Waals surface area contributed by atoms with E-state index >= 15 is 0 Å². The van der Waals surface area contributed by atoms with Gasteiger partial charge in [-0.05, 0) is 79.0 Å². The lowest BCUT2D eigenvalue weighted by Gasteiger charge is -2.43. The lowest BCUT2D eigenvalue weighted by molar-refractivity contribution is 0.0625. The standard InChI is InChI=1S/C29H36N2O2/c1-4-21-17-26-23(18-29(21)32-3)11-14-31(20(2)22-12-15-33-16-13-22)28(26)10-9-24-19-30-27-8-6-5-7-25(24)27/h5-8,17-19,22,28,30H,2,4,9-16H2,1,3H3. The average Bonchev–Trinajstić information content (AvgIpc) is 3.29. The monoisotopic (exact) mass is 444 g/mol. The van der Waals surface area contributed by atoms with E-state index in [1.54, 1.807) is 7.11 Å². The van der Waals surface area contributed by atoms with Crippen LogP contribution in [0.5, 0.6) is 5.75 Å². The maximum absolute atomic E-state index is 5.72. The molecule has 1 aromatic heterocycles. The molecule has 4 heteroatoms. The van der Waals surface area contributed by atoms with Crippen molar-refractivity contribution in [3.8, 4) is 5.75 Å². The zero-order chi connectivity index (χ0) is 22.8. The van der Waals surface area contributed by atoms with Crippen LogP contribution in [0.2, 0.25) is 0 Å². The highest BCUT2D eigenvalue weighted by molar-refractivity contribution is 5.83. The Kier molecular flexibility index (Phi) is 6.45. The normalized spacial score (nSPS) is 19.0. The molecule has 1 unspecified atom stereocenters. The van der Waals surface area contributed by atoms with Crippen LogP contribution in [0.1, 0.15) is 54.5 Å². The van der Waals surface area contributed by atoms with Crippen LogP contribution < -0.4 is 4.74 Å². The summed E-state index contributed by atoms with van der Waals surface area (Å²) in [5, 5.41) is 1.34. The Bertz CT molecular complexity index is 1130. The van der Waals surface area contributed by atoms with E-state index in [-0.39, 0.29) is 0 Å². The second-order valence-corrected chi connectivity index (χ2v) is 9.45. The number of hydrogen-bond donors (Lipinski definition) is 1. The molecule has 174 valence electrons. The number of nitrogens with zero attached hydrogens (tertiary/aromatic N) is 1. The minimum absolute atomic E-state index is 0.342. The fourth-order valence-corrected chi connectivity index (χ4v) is 5.79. The summed E-state index contributed by atoms with van der Waals surface area (Å²) in [6, 6.07) is 13.7. The van der Waals surface area contributed by atoms with Crippen LogP contribution in [0.4, 0.5) is 0 Å². The lowest BCUT2D eigenvalue weighted by Crippen LogP contribution is -2.38. The molecule has 2 aliphatic rings. The predicted octanol–water partition coefficient (Wildman–Crippen LogP) is 6.21. The largest absolute Gasteiger partial charge is 0.496 e. The van der Waals surface area contributed by atoms with Crippen molar-refractivity contribution in [3.05, 3.63) is 77.1 Å². The van der Waals surface area contributed by atoms with E-state index in [0.717, 1.165) is 64.0 Å². The van der Waals surface area contributed by atoms with Gasteiger partial charge in [-0.25, -0.2) is 0 Å². The Hall–Kier alpha value is -2.72. The van der Waals surface area contributed by atoms with Crippen molar-refractivity contribution >= 4 is 10.9 Å². The highest BCUT2D eigenvalue weighted by Gasteiger charge is 2.32. The highest BCUT2D eigenvalue weighted by Crippen LogP contribution is 2.41. The molecule has 2 aromatic carbocycles. The van der Waals surface area contributed by atoms with Gasteiger partial charge in [0.25, 0.3) is 0 Å². The SMILES string of the molecule is C=C(C1CCOCC1)N1CCc2cc(OC)c(CC)cc2C1CCc1c[nH]c2ccccc12. The molecule has 3 aromatic rings. The number of aryl methyl sites for hydroxylation is 2. The molecule has 0 radical (unpaired) electrons. The number of hydrogen-bond acceptors (Lipinski definition) is 3. The number of fused-ring (bicyclic) bond motifs is 2. The maximum Gasteiger partial charge on any atom is 0.122 e. The molecule has 3 heterocycles. The van der Waals surface area contributed by atoms with Gasteiger partial charge < -0.3 is 19.4 Å². The van der Waals surface area contributed by atoms with Crippen LogP contribution in [0.3, 0.4) is 0 Å². The van der Waals surface area contributed by atoms with Gasteiger partial charge in [-0.2, -0.15) is 0 Å². The molecule has 2 aliphatic heterocycles. The van der Waals surface area contributed by atoms with Crippen LogP contribution in [-0.4, -0.2) is 36.8 Å². The first-order chi connectivity index (χ1) is 16.2. The number of para-hydroxylation sites is 1. The van der Waals surface area contributed by atoms with Gasteiger partial charge in [0.15, 0.2) is 0 Å². The molecular weight excluding hydrogens is 408 g/mol. The second kappa shape index (κ2) is 9.64. The number of aromatic amines is 1. The van der Waals surface area contributed by atoms with Gasteiger partial charge in [0.1, 0.15) is 5.75 Å². The van der Waals surface area contributed by atoms with Crippen molar-refractivity contribution in [1.29, 1.82) is 0 Å². The molecular formula is C29H36N2O2. The molecule has 0 bridgehead atoms. The molecule has 1 fully saturated rings. The van der Waals surface area contributed by atoms with Crippen molar-refractivity contribution in [2.75, 3.05) is 26.9 Å². The molecule has 1 saturated heterocycles. The molecule has 1 atom stereocenters. The summed E-state index contributed by atoms with van der Waals surface area (Å²) in [5.41, 5.74) is 8.13. The van der Waals surface area contributed by atoms with E-state index in [4.69, 9.17) is 9.47 Å². The Labute approximate surface area is 197 Å². The van der Waals surface area contributed by atoms with Gasteiger partial charge in [-0.15, -0.1) is 0 Å². The zero-order valence-corrected chi connectivity index (χ0v) is 20.0. The van der Waals surface area contributed by atoms with Crippen LogP contribution >= 0.6 is 0 Å². The minimum Gasteiger partial charge on any atom is -0.496 e. The summed E-state index contributed by atoms with van der Waals surface area (Å²) in [5.74, 6) is 1.56. The quantitative estimate of drug-likeness (QED) is 0.471. The number of allylic oxidation sites excluding steroid dienone is 1. The van der Waals surface area contributed by atoms with Crippen molar-refractivity contribution in [2.45, 2.75) is 51.5 Å². The first kappa shape index (κ1) is 22.1. The van der Waals surface area contributed by atoms with E-state index in [1.807, 2.05) is 0 Å². The van der Waals surface area contributed by atoms with E-state index in [0.29, 0.717) is 12.0 Å². The Balaban J connectivity index is 1.48. The number of benzene rings is 2. The summed E-state index contributed by atoms with van der Waals surface area (Å²) < 4.78 is 11.4. The molecule has 4 nitrogen and oxygen atoms in total. The third kappa shape index (κ3) is 4.29. The second-order valence-electron chi connectivity index (χ2n) is 9.45. The van der Waals surface area contributed by atoms with Crippen molar-refractivity contribution in [3.63, 3.8) is 0 Å². The fraction of sp³-hybridized carbons (Fsp3) is 0.448. The molecule has 0 spiro atoms. The zero-order valence-electron chi connectivity index (χ0n) is 20.0. The predicted molar refractivity (Wildman–Crippen MR) is 135 cm³/mol. The van der Waals surface area contributed by atoms with E-state index in [2.05, 4.69) is 66.0 Å². The van der Waals surface area contributed by atoms with Crippen LogP contribution in [0.25, 0.3) is 10.9 Å². The third-order valence-corrected chi connectivity index (χ3v) is 7.70. The maximum atomic E-state index is 5.72. The van der Waals surface area contributed by atoms with Gasteiger partial charge in [0.2, 0.25) is 0 Å². The molecule has 0 saturated carbocycles. The number of ether oxygens (including phenoxy) is 2. The van der Waals surface area contributed by atoms with Gasteiger partial charge >= 0.3 is 0 Å². The molecule has 0 amide bonds. The summed E-state index contributed by atoms with van der Waals surface area (Å²) in [7, 11) is 1.79. The Morgan fingerprint density at radius 1 is 1.18 bits per heavy atom. The van der Waals surface area contributed by atoms with Gasteiger partial charge in [0, 0.05) is 48.5 Å². The van der Waals surface area contributed by atoms with Gasteiger partial charge in [-0.3, -0.25) is 0 Å². The molecule has 5 rings (SSSR count). The van der Waals surface area contributed by atoms with Crippen molar-refractivity contribution in [1.82, 2.24) is 9.88 Å². The van der Waals surface area contributed by atoms with Crippen LogP contribution in [0, 0.1) is 5.92 Å². The van der Waals surface area contributed by atoms with Crippen LogP contribution in [0.15, 0.2) is 54.9 Å². The summed E-state index contributed by atoms with van der Waals surface area (Å²) in [4.78, 5) is 6.08. The average molecular weight is 445 g/mol. The number of rotatable bonds is 7. The van der Waals surface area contributed by atoms with Crippen molar-refractivity contribution < 1.29 is 9.47 Å². The Morgan fingerprint density at radius 2 is 2.00 bits per heavy atom. The third-order valence-electron chi connectivity index (χ3n) is 7.70. The number of aromatic nitrogens is 1. The van der Waals surface area contributed by atoms with Gasteiger partial charge in [0.05, 0.1) is 13.2 Å². The molecule has 1 N–H and O–H groups in total. The number of nitrogens with one attached hydrogen (secondary N) is 1. The fourth-order valence-electron chi connectivity index (χ4n) is 5.79. The van der Waals surface area contributed by atoms with E-state index < -0.39 is 0 Å². The first-order valence-corrected chi connectivity index (χ1v) is 12.5. The smallest absolute Gasteiger partial charge is 0.122 e. The van der Waals surface area contributed by atoms with Gasteiger partial charge in [-0.1, -0.05) is 31.7 Å². The molecule has 33 heavy (non-hydrogen) atoms. The summed E-state index contributed by atoms with van der Waals surface area (Å²) >= 11 is 0. The lowest BCUT2D eigenvalue weighted by atomic mass is 9.85. The number of methoxy groups -OCH3 is 1. The topological polar surface area (TPSA) is 37.5 Å². The number of H-pyrrole nitrogens is 1. The summed E-state index contributed by atoms with van der Waals surface area (Å²) in [6.07, 6.45) is 8.50. The Morgan fingerprint density at radius 3 is 2.79 bits per heavy atom.